The molecule has 96 valence electrons. The summed E-state index contributed by atoms with van der Waals surface area (Å²) in [5.74, 6) is 0. The molecule has 0 aliphatic rings. The Kier molecular flexibility index (Phi) is 7.19. The van der Waals surface area contributed by atoms with E-state index in [0.29, 0.717) is 0 Å². The number of hydrogen-bond donors (Lipinski definition) is 2. The summed E-state index contributed by atoms with van der Waals surface area (Å²) >= 11 is 5.23. The van der Waals surface area contributed by atoms with Crippen LogP contribution in [0, 0.1) is 0 Å². The second kappa shape index (κ2) is 8.14. The van der Waals surface area contributed by atoms with Crippen LogP contribution in [0.3, 0.4) is 0 Å². The van der Waals surface area contributed by atoms with Crippen LogP contribution in [0.2, 0.25) is 0 Å². The van der Waals surface area contributed by atoms with Gasteiger partial charge in [-0.05, 0) is 36.7 Å². The van der Waals surface area contributed by atoms with Gasteiger partial charge in [-0.15, -0.1) is 11.8 Å². The van der Waals surface area contributed by atoms with Gasteiger partial charge in [0.25, 0.3) is 0 Å². The maximum atomic E-state index is 9.11. The Balaban J connectivity index is 2.72. The van der Waals surface area contributed by atoms with Crippen LogP contribution in [0.5, 0.6) is 0 Å². The highest BCUT2D eigenvalue weighted by Crippen LogP contribution is 2.29. The second-order valence-electron chi connectivity index (χ2n) is 4.04. The van der Waals surface area contributed by atoms with Gasteiger partial charge in [-0.1, -0.05) is 29.8 Å². The quantitative estimate of drug-likeness (QED) is 0.597. The molecule has 1 aromatic rings. The predicted molar refractivity (Wildman–Crippen MR) is 78.5 cm³/mol. The van der Waals surface area contributed by atoms with E-state index in [4.69, 9.17) is 5.11 Å². The van der Waals surface area contributed by atoms with Crippen molar-refractivity contribution in [2.45, 2.75) is 37.0 Å². The SMILES string of the molecule is CCCNCc1cc(Br)ccc1SC(C)CO. The van der Waals surface area contributed by atoms with Gasteiger partial charge < -0.3 is 10.4 Å². The van der Waals surface area contributed by atoms with Gasteiger partial charge in [0, 0.05) is 21.2 Å². The van der Waals surface area contributed by atoms with E-state index < -0.39 is 0 Å². The fraction of sp³-hybridized carbons (Fsp3) is 0.538. The molecule has 0 spiro atoms. The van der Waals surface area contributed by atoms with E-state index >= 15 is 0 Å². The average molecular weight is 318 g/mol. The molecule has 0 saturated carbocycles. The monoisotopic (exact) mass is 317 g/mol. The molecule has 17 heavy (non-hydrogen) atoms. The minimum atomic E-state index is 0.211. The highest BCUT2D eigenvalue weighted by atomic mass is 79.9. The Morgan fingerprint density at radius 1 is 1.47 bits per heavy atom. The molecule has 0 fully saturated rings. The zero-order chi connectivity index (χ0) is 12.7. The summed E-state index contributed by atoms with van der Waals surface area (Å²) in [6.45, 7) is 6.33. The molecule has 0 amide bonds. The Morgan fingerprint density at radius 2 is 2.24 bits per heavy atom. The summed E-state index contributed by atoms with van der Waals surface area (Å²) in [5.41, 5.74) is 1.29. The minimum absolute atomic E-state index is 0.211. The third-order valence-electron chi connectivity index (χ3n) is 2.35. The van der Waals surface area contributed by atoms with Crippen LogP contribution in [-0.4, -0.2) is 23.5 Å². The maximum absolute atomic E-state index is 9.11. The van der Waals surface area contributed by atoms with Gasteiger partial charge in [-0.25, -0.2) is 0 Å². The molecule has 1 atom stereocenters. The van der Waals surface area contributed by atoms with Crippen LogP contribution in [0.25, 0.3) is 0 Å². The topological polar surface area (TPSA) is 32.3 Å². The highest BCUT2D eigenvalue weighted by Gasteiger charge is 2.08. The smallest absolute Gasteiger partial charge is 0.0550 e. The first kappa shape index (κ1) is 15.0. The van der Waals surface area contributed by atoms with Crippen molar-refractivity contribution in [2.24, 2.45) is 0 Å². The van der Waals surface area contributed by atoms with Crippen molar-refractivity contribution in [1.82, 2.24) is 5.32 Å². The van der Waals surface area contributed by atoms with E-state index in [9.17, 15) is 0 Å². The molecule has 0 bridgehead atoms. The summed E-state index contributed by atoms with van der Waals surface area (Å²) in [6.07, 6.45) is 1.14. The van der Waals surface area contributed by atoms with Crippen molar-refractivity contribution in [3.8, 4) is 0 Å². The lowest BCUT2D eigenvalue weighted by molar-refractivity contribution is 0.300. The van der Waals surface area contributed by atoms with Gasteiger partial charge in [0.1, 0.15) is 0 Å². The first-order chi connectivity index (χ1) is 8.17. The number of nitrogens with one attached hydrogen (secondary N) is 1. The molecule has 0 aromatic heterocycles. The molecule has 0 saturated heterocycles. The van der Waals surface area contributed by atoms with Crippen molar-refractivity contribution in [3.63, 3.8) is 0 Å². The van der Waals surface area contributed by atoms with Crippen molar-refractivity contribution in [1.29, 1.82) is 0 Å². The molecule has 1 rings (SSSR count). The molecule has 0 heterocycles. The molecule has 2 nitrogen and oxygen atoms in total. The number of rotatable bonds is 7. The van der Waals surface area contributed by atoms with E-state index in [1.54, 1.807) is 11.8 Å². The van der Waals surface area contributed by atoms with Crippen molar-refractivity contribution in [2.75, 3.05) is 13.2 Å². The predicted octanol–water partition coefficient (Wildman–Crippen LogP) is 3.42. The minimum Gasteiger partial charge on any atom is -0.395 e. The molecular weight excluding hydrogens is 298 g/mol. The average Bonchev–Trinajstić information content (AvgIpc) is 2.32. The molecule has 0 aliphatic carbocycles. The second-order valence-corrected chi connectivity index (χ2v) is 6.44. The van der Waals surface area contributed by atoms with Crippen LogP contribution < -0.4 is 5.32 Å². The zero-order valence-corrected chi connectivity index (χ0v) is 12.8. The van der Waals surface area contributed by atoms with Crippen LogP contribution in [0.4, 0.5) is 0 Å². The number of halogens is 1. The van der Waals surface area contributed by atoms with Gasteiger partial charge in [-0.3, -0.25) is 0 Å². The zero-order valence-electron chi connectivity index (χ0n) is 10.4. The van der Waals surface area contributed by atoms with Gasteiger partial charge in [-0.2, -0.15) is 0 Å². The third kappa shape index (κ3) is 5.42. The number of benzene rings is 1. The molecular formula is C13H20BrNOS. The molecule has 1 unspecified atom stereocenters. The summed E-state index contributed by atoms with van der Waals surface area (Å²) in [4.78, 5) is 1.25. The lowest BCUT2D eigenvalue weighted by atomic mass is 10.2. The Hall–Kier alpha value is -0.0300. The number of hydrogen-bond acceptors (Lipinski definition) is 3. The van der Waals surface area contributed by atoms with Crippen LogP contribution >= 0.6 is 27.7 Å². The standard InChI is InChI=1S/C13H20BrNOS/c1-3-6-15-8-11-7-12(14)4-5-13(11)17-10(2)9-16/h4-5,7,10,15-16H,3,6,8-9H2,1-2H3. The van der Waals surface area contributed by atoms with Gasteiger partial charge >= 0.3 is 0 Å². The van der Waals surface area contributed by atoms with Crippen LogP contribution in [0.15, 0.2) is 27.6 Å². The molecule has 2 N–H and O–H groups in total. The van der Waals surface area contributed by atoms with E-state index in [-0.39, 0.29) is 11.9 Å². The van der Waals surface area contributed by atoms with E-state index in [1.165, 1.54) is 10.5 Å². The normalized spacial score (nSPS) is 12.7. The molecule has 4 heteroatoms. The summed E-state index contributed by atoms with van der Waals surface area (Å²) in [6, 6.07) is 6.31. The summed E-state index contributed by atoms with van der Waals surface area (Å²) in [7, 11) is 0. The van der Waals surface area contributed by atoms with Gasteiger partial charge in [0.2, 0.25) is 0 Å². The summed E-state index contributed by atoms with van der Waals surface area (Å²) in [5, 5.41) is 12.8. The number of thioether (sulfide) groups is 1. The van der Waals surface area contributed by atoms with Crippen molar-refractivity contribution >= 4 is 27.7 Å². The van der Waals surface area contributed by atoms with Gasteiger partial charge in [0.05, 0.1) is 6.61 Å². The number of aliphatic hydroxyl groups is 1. The molecule has 0 aliphatic heterocycles. The van der Waals surface area contributed by atoms with E-state index in [0.717, 1.165) is 24.0 Å². The third-order valence-corrected chi connectivity index (χ3v) is 4.05. The fourth-order valence-electron chi connectivity index (χ4n) is 1.45. The molecule has 0 radical (unpaired) electrons. The number of aliphatic hydroxyl groups excluding tert-OH is 1. The first-order valence-corrected chi connectivity index (χ1v) is 7.61. The van der Waals surface area contributed by atoms with E-state index in [2.05, 4.69) is 46.4 Å². The van der Waals surface area contributed by atoms with E-state index in [1.807, 2.05) is 6.92 Å². The highest BCUT2D eigenvalue weighted by molar-refractivity contribution is 9.10. The maximum Gasteiger partial charge on any atom is 0.0550 e. The Labute approximate surface area is 116 Å². The van der Waals surface area contributed by atoms with Crippen LogP contribution in [-0.2, 0) is 6.54 Å². The lowest BCUT2D eigenvalue weighted by Gasteiger charge is -2.13. The van der Waals surface area contributed by atoms with Crippen molar-refractivity contribution < 1.29 is 5.11 Å². The lowest BCUT2D eigenvalue weighted by Crippen LogP contribution is -2.14. The Bertz CT molecular complexity index is 346. The van der Waals surface area contributed by atoms with Gasteiger partial charge in [0.15, 0.2) is 0 Å². The largest absolute Gasteiger partial charge is 0.395 e. The van der Waals surface area contributed by atoms with Crippen molar-refractivity contribution in [3.05, 3.63) is 28.2 Å². The Morgan fingerprint density at radius 3 is 2.88 bits per heavy atom. The fourth-order valence-corrected chi connectivity index (χ4v) is 2.80. The summed E-state index contributed by atoms with van der Waals surface area (Å²) < 4.78 is 1.10. The molecule has 1 aromatic carbocycles. The van der Waals surface area contributed by atoms with Crippen LogP contribution in [0.1, 0.15) is 25.8 Å². The first-order valence-electron chi connectivity index (χ1n) is 5.94.